The first-order valence-electron chi connectivity index (χ1n) is 6.17. The number of ether oxygens (including phenoxy) is 1. The average Bonchev–Trinajstić information content (AvgIpc) is 2.41. The molecule has 0 saturated carbocycles. The predicted octanol–water partition coefficient (Wildman–Crippen LogP) is 1.24. The van der Waals surface area contributed by atoms with Gasteiger partial charge in [0.1, 0.15) is 17.6 Å². The molecule has 6 nitrogen and oxygen atoms in total. The van der Waals surface area contributed by atoms with Crippen molar-refractivity contribution in [2.45, 2.75) is 20.5 Å². The molecule has 0 fully saturated rings. The first-order chi connectivity index (χ1) is 9.10. The van der Waals surface area contributed by atoms with Gasteiger partial charge in [-0.15, -0.1) is 0 Å². The number of hydrogen-bond donors (Lipinski definition) is 1. The molecule has 7 heteroatoms. The fourth-order valence-corrected chi connectivity index (χ4v) is 1.67. The van der Waals surface area contributed by atoms with E-state index in [9.17, 15) is 4.79 Å². The lowest BCUT2D eigenvalue weighted by Gasteiger charge is -2.21. The van der Waals surface area contributed by atoms with Crippen molar-refractivity contribution in [3.05, 3.63) is 17.0 Å². The largest absolute Gasteiger partial charge is 0.374 e. The molecule has 0 aliphatic heterocycles. The summed E-state index contributed by atoms with van der Waals surface area (Å²) in [7, 11) is 1.60. The van der Waals surface area contributed by atoms with Crippen LogP contribution >= 0.6 is 11.6 Å². The molecular formula is C12H19ClN4O2. The molecule has 0 unspecified atom stereocenters. The van der Waals surface area contributed by atoms with Gasteiger partial charge < -0.3 is 15.0 Å². The van der Waals surface area contributed by atoms with Crippen LogP contribution in [0.15, 0.2) is 6.07 Å². The summed E-state index contributed by atoms with van der Waals surface area (Å²) < 4.78 is 5.26. The summed E-state index contributed by atoms with van der Waals surface area (Å²) in [6, 6.07) is 1.64. The number of carbonyl (C=O) groups is 1. The van der Waals surface area contributed by atoms with Crippen molar-refractivity contribution in [1.29, 1.82) is 0 Å². The van der Waals surface area contributed by atoms with Crippen molar-refractivity contribution >= 4 is 23.3 Å². The van der Waals surface area contributed by atoms with Crippen LogP contribution in [0.1, 0.15) is 19.7 Å². The van der Waals surface area contributed by atoms with Gasteiger partial charge in [0.15, 0.2) is 5.82 Å². The van der Waals surface area contributed by atoms with Gasteiger partial charge in [-0.1, -0.05) is 11.6 Å². The molecule has 1 aromatic rings. The number of aromatic nitrogens is 2. The number of nitrogens with zero attached hydrogens (tertiary/aromatic N) is 3. The maximum absolute atomic E-state index is 11.4. The van der Waals surface area contributed by atoms with E-state index in [2.05, 4.69) is 15.3 Å². The van der Waals surface area contributed by atoms with Gasteiger partial charge in [0.05, 0.1) is 6.54 Å². The number of anilines is 1. The van der Waals surface area contributed by atoms with Crippen LogP contribution in [-0.2, 0) is 16.1 Å². The maximum atomic E-state index is 11.4. The summed E-state index contributed by atoms with van der Waals surface area (Å²) in [5.41, 5.74) is 0. The quantitative estimate of drug-likeness (QED) is 0.764. The number of nitrogens with one attached hydrogen (secondary N) is 1. The molecule has 0 spiro atoms. The van der Waals surface area contributed by atoms with Gasteiger partial charge in [0, 0.05) is 26.3 Å². The fourth-order valence-electron chi connectivity index (χ4n) is 1.48. The Kier molecular flexibility index (Phi) is 6.52. The molecule has 0 atom stereocenters. The molecule has 0 aromatic carbocycles. The molecule has 1 aromatic heterocycles. The van der Waals surface area contributed by atoms with E-state index in [4.69, 9.17) is 16.3 Å². The second-order valence-electron chi connectivity index (χ2n) is 3.79. The number of carbonyl (C=O) groups excluding carboxylic acids is 1. The third kappa shape index (κ3) is 5.00. The number of hydrogen-bond acceptors (Lipinski definition) is 5. The van der Waals surface area contributed by atoms with E-state index >= 15 is 0 Å². The monoisotopic (exact) mass is 286 g/mol. The molecule has 0 bridgehead atoms. The fraction of sp³-hybridized carbons (Fsp3) is 0.583. The van der Waals surface area contributed by atoms with Gasteiger partial charge in [-0.2, -0.15) is 0 Å². The topological polar surface area (TPSA) is 67.3 Å². The summed E-state index contributed by atoms with van der Waals surface area (Å²) in [5.74, 6) is 1.06. The van der Waals surface area contributed by atoms with Gasteiger partial charge in [0.2, 0.25) is 5.91 Å². The lowest BCUT2D eigenvalue weighted by molar-refractivity contribution is -0.119. The van der Waals surface area contributed by atoms with E-state index in [1.807, 2.05) is 18.7 Å². The van der Waals surface area contributed by atoms with Crippen molar-refractivity contribution in [2.75, 3.05) is 31.6 Å². The molecule has 0 aliphatic carbocycles. The second kappa shape index (κ2) is 7.91. The molecule has 106 valence electrons. The highest BCUT2D eigenvalue weighted by Crippen LogP contribution is 2.16. The number of rotatable bonds is 7. The number of halogens is 1. The second-order valence-corrected chi connectivity index (χ2v) is 4.18. The molecule has 1 amide bonds. The highest BCUT2D eigenvalue weighted by Gasteiger charge is 2.12. The van der Waals surface area contributed by atoms with Crippen LogP contribution in [0.25, 0.3) is 0 Å². The van der Waals surface area contributed by atoms with Gasteiger partial charge in [-0.05, 0) is 13.8 Å². The van der Waals surface area contributed by atoms with E-state index in [0.717, 1.165) is 0 Å². The lowest BCUT2D eigenvalue weighted by atomic mass is 10.4. The summed E-state index contributed by atoms with van der Waals surface area (Å²) in [6.45, 7) is 5.61. The summed E-state index contributed by atoms with van der Waals surface area (Å²) in [4.78, 5) is 21.7. The Balaban J connectivity index is 2.89. The van der Waals surface area contributed by atoms with E-state index in [0.29, 0.717) is 36.6 Å². The van der Waals surface area contributed by atoms with Gasteiger partial charge >= 0.3 is 0 Å². The van der Waals surface area contributed by atoms with Crippen LogP contribution < -0.4 is 10.2 Å². The molecule has 0 aliphatic rings. The third-order valence-electron chi connectivity index (χ3n) is 2.48. The minimum atomic E-state index is -0.0806. The highest BCUT2D eigenvalue weighted by atomic mass is 35.5. The van der Waals surface area contributed by atoms with Crippen LogP contribution in [0.5, 0.6) is 0 Å². The van der Waals surface area contributed by atoms with Crippen LogP contribution in [0.3, 0.4) is 0 Å². The van der Waals surface area contributed by atoms with Crippen molar-refractivity contribution in [2.24, 2.45) is 0 Å². The maximum Gasteiger partial charge on any atom is 0.239 e. The molecule has 19 heavy (non-hydrogen) atoms. The van der Waals surface area contributed by atoms with Crippen LogP contribution in [-0.4, -0.2) is 42.6 Å². The van der Waals surface area contributed by atoms with E-state index in [1.165, 1.54) is 0 Å². The number of amides is 1. The first kappa shape index (κ1) is 15.7. The summed E-state index contributed by atoms with van der Waals surface area (Å²) in [6.07, 6.45) is 0. The Labute approximate surface area is 118 Å². The van der Waals surface area contributed by atoms with Crippen LogP contribution in [0.2, 0.25) is 5.15 Å². The molecule has 0 radical (unpaired) electrons. The van der Waals surface area contributed by atoms with E-state index in [1.54, 1.807) is 13.1 Å². The zero-order chi connectivity index (χ0) is 14.3. The minimum Gasteiger partial charge on any atom is -0.374 e. The highest BCUT2D eigenvalue weighted by molar-refractivity contribution is 6.29. The van der Waals surface area contributed by atoms with Crippen molar-refractivity contribution in [3.63, 3.8) is 0 Å². The molecular weight excluding hydrogens is 268 g/mol. The Morgan fingerprint density at radius 1 is 1.47 bits per heavy atom. The van der Waals surface area contributed by atoms with Gasteiger partial charge in [-0.3, -0.25) is 4.79 Å². The van der Waals surface area contributed by atoms with Crippen molar-refractivity contribution in [3.8, 4) is 0 Å². The van der Waals surface area contributed by atoms with Gasteiger partial charge in [-0.25, -0.2) is 9.97 Å². The molecule has 1 rings (SSSR count). The van der Waals surface area contributed by atoms with Crippen molar-refractivity contribution < 1.29 is 9.53 Å². The van der Waals surface area contributed by atoms with Crippen LogP contribution in [0.4, 0.5) is 5.82 Å². The zero-order valence-corrected chi connectivity index (χ0v) is 12.2. The van der Waals surface area contributed by atoms with Crippen molar-refractivity contribution in [1.82, 2.24) is 15.3 Å². The zero-order valence-electron chi connectivity index (χ0n) is 11.4. The smallest absolute Gasteiger partial charge is 0.239 e. The predicted molar refractivity (Wildman–Crippen MR) is 74.3 cm³/mol. The Bertz CT molecular complexity index is 428. The Hall–Kier alpha value is -1.40. The van der Waals surface area contributed by atoms with Crippen LogP contribution in [0, 0.1) is 0 Å². The Morgan fingerprint density at radius 3 is 2.79 bits per heavy atom. The van der Waals surface area contributed by atoms with Gasteiger partial charge in [0.25, 0.3) is 0 Å². The average molecular weight is 287 g/mol. The van der Waals surface area contributed by atoms with E-state index < -0.39 is 0 Å². The Morgan fingerprint density at radius 2 is 2.21 bits per heavy atom. The normalized spacial score (nSPS) is 10.3. The van der Waals surface area contributed by atoms with E-state index in [-0.39, 0.29) is 12.5 Å². The molecule has 1 N–H and O–H groups in total. The lowest BCUT2D eigenvalue weighted by Crippen LogP contribution is -2.36. The summed E-state index contributed by atoms with van der Waals surface area (Å²) in [5, 5.41) is 2.92. The molecule has 0 saturated heterocycles. The first-order valence-corrected chi connectivity index (χ1v) is 6.55. The molecule has 1 heterocycles. The minimum absolute atomic E-state index is 0.0806. The summed E-state index contributed by atoms with van der Waals surface area (Å²) >= 11 is 5.97. The third-order valence-corrected chi connectivity index (χ3v) is 2.68. The SMILES string of the molecule is CCOCc1nc(Cl)cc(N(CC)CC(=O)NC)n1. The number of likely N-dealkylation sites (N-methyl/N-ethyl adjacent to an activating group) is 2. The standard InChI is InChI=1S/C12H19ClN4O2/c1-4-17(7-12(18)14-3)11-6-9(13)15-10(16-11)8-19-5-2/h6H,4-5,7-8H2,1-3H3,(H,14,18).